The third-order valence-electron chi connectivity index (χ3n) is 5.53. The van der Waals surface area contributed by atoms with Crippen molar-refractivity contribution in [1.82, 2.24) is 14.4 Å². The van der Waals surface area contributed by atoms with E-state index in [1.165, 1.54) is 15.7 Å². The van der Waals surface area contributed by atoms with Crippen molar-refractivity contribution in [3.05, 3.63) is 68.6 Å². The molecule has 26 heavy (non-hydrogen) atoms. The second-order valence-corrected chi connectivity index (χ2v) is 7.44. The van der Waals surface area contributed by atoms with Crippen LogP contribution in [0.5, 0.6) is 0 Å². The van der Waals surface area contributed by atoms with E-state index in [2.05, 4.69) is 36.2 Å². The molecule has 0 N–H and O–H groups in total. The topological polar surface area (TPSA) is 45.6 Å². The second kappa shape index (κ2) is 7.08. The van der Waals surface area contributed by atoms with Crippen molar-refractivity contribution in [1.29, 1.82) is 0 Å². The van der Waals surface area contributed by atoms with Crippen LogP contribution in [-0.2, 0) is 20.0 Å². The van der Waals surface area contributed by atoms with Gasteiger partial charge in [0.25, 0.3) is 11.5 Å². The summed E-state index contributed by atoms with van der Waals surface area (Å²) in [5, 5.41) is 0. The monoisotopic (exact) mass is 353 g/mol. The number of carbonyl (C=O) groups excluding carboxylic acids is 1. The van der Waals surface area contributed by atoms with Gasteiger partial charge in [0.15, 0.2) is 0 Å². The number of likely N-dealkylation sites (N-methyl/N-ethyl adjacent to an activating group) is 2. The molecule has 1 amide bonds. The van der Waals surface area contributed by atoms with Crippen LogP contribution in [0.25, 0.3) is 0 Å². The van der Waals surface area contributed by atoms with E-state index in [-0.39, 0.29) is 23.1 Å². The van der Waals surface area contributed by atoms with Gasteiger partial charge >= 0.3 is 0 Å². The van der Waals surface area contributed by atoms with Crippen LogP contribution >= 0.6 is 0 Å². The summed E-state index contributed by atoms with van der Waals surface area (Å²) in [6.45, 7) is 5.19. The molecule has 0 saturated heterocycles. The van der Waals surface area contributed by atoms with Crippen molar-refractivity contribution >= 4 is 5.91 Å². The van der Waals surface area contributed by atoms with E-state index in [0.29, 0.717) is 6.54 Å². The van der Waals surface area contributed by atoms with Gasteiger partial charge in [-0.05, 0) is 50.1 Å². The first-order valence-corrected chi connectivity index (χ1v) is 8.99. The zero-order valence-corrected chi connectivity index (χ0v) is 16.2. The molecular weight excluding hydrogens is 326 g/mol. The molecule has 1 aliphatic rings. The summed E-state index contributed by atoms with van der Waals surface area (Å²) in [4.78, 5) is 29.5. The Morgan fingerprint density at radius 2 is 1.85 bits per heavy atom. The van der Waals surface area contributed by atoms with Gasteiger partial charge in [-0.15, -0.1) is 0 Å². The van der Waals surface area contributed by atoms with Gasteiger partial charge < -0.3 is 9.47 Å². The summed E-state index contributed by atoms with van der Waals surface area (Å²) in [7, 11) is 5.59. The molecule has 5 nitrogen and oxygen atoms in total. The van der Waals surface area contributed by atoms with Gasteiger partial charge in [-0.2, -0.15) is 0 Å². The molecule has 2 heterocycles. The van der Waals surface area contributed by atoms with Crippen LogP contribution < -0.4 is 5.56 Å². The highest BCUT2D eigenvalue weighted by molar-refractivity contribution is 5.95. The first-order chi connectivity index (χ1) is 12.3. The number of aryl methyl sites for hydroxylation is 2. The molecule has 0 fully saturated rings. The van der Waals surface area contributed by atoms with Crippen molar-refractivity contribution in [3.63, 3.8) is 0 Å². The third-order valence-corrected chi connectivity index (χ3v) is 5.53. The maximum Gasteiger partial charge on any atom is 0.263 e. The van der Waals surface area contributed by atoms with E-state index in [1.807, 2.05) is 19.9 Å². The summed E-state index contributed by atoms with van der Waals surface area (Å²) in [5.74, 6) is -0.199. The van der Waals surface area contributed by atoms with Crippen LogP contribution in [0.4, 0.5) is 0 Å². The van der Waals surface area contributed by atoms with Gasteiger partial charge in [-0.25, -0.2) is 0 Å². The van der Waals surface area contributed by atoms with Gasteiger partial charge in [0.05, 0.1) is 0 Å². The number of fused-ring (bicyclic) bond motifs is 1. The van der Waals surface area contributed by atoms with E-state index >= 15 is 0 Å². The van der Waals surface area contributed by atoms with Crippen LogP contribution in [0.15, 0.2) is 35.1 Å². The normalized spacial score (nSPS) is 17.0. The summed E-state index contributed by atoms with van der Waals surface area (Å²) in [5.41, 5.74) is 4.35. The third kappa shape index (κ3) is 3.31. The maximum absolute atomic E-state index is 13.0. The van der Waals surface area contributed by atoms with Crippen molar-refractivity contribution in [2.75, 3.05) is 20.6 Å². The average molecular weight is 353 g/mol. The summed E-state index contributed by atoms with van der Waals surface area (Å²) >= 11 is 0. The zero-order valence-electron chi connectivity index (χ0n) is 16.2. The number of hydrogen-bond donors (Lipinski definition) is 0. The van der Waals surface area contributed by atoms with Crippen LogP contribution in [0.2, 0.25) is 0 Å². The predicted octanol–water partition coefficient (Wildman–Crippen LogP) is 2.13. The van der Waals surface area contributed by atoms with Gasteiger partial charge in [0.2, 0.25) is 0 Å². The zero-order chi connectivity index (χ0) is 19.0. The van der Waals surface area contributed by atoms with Gasteiger partial charge in [0.1, 0.15) is 5.56 Å². The fourth-order valence-electron chi connectivity index (χ4n) is 3.75. The molecule has 2 aromatic rings. The second-order valence-electron chi connectivity index (χ2n) is 7.44. The van der Waals surface area contributed by atoms with Crippen molar-refractivity contribution < 1.29 is 4.79 Å². The van der Waals surface area contributed by atoms with E-state index in [4.69, 9.17) is 0 Å². The number of amides is 1. The van der Waals surface area contributed by atoms with Gasteiger partial charge in [-0.1, -0.05) is 24.3 Å². The lowest BCUT2D eigenvalue weighted by molar-refractivity contribution is 0.0730. The average Bonchev–Trinajstić information content (AvgIpc) is 2.60. The predicted molar refractivity (Wildman–Crippen MR) is 104 cm³/mol. The molecule has 1 aromatic heterocycles. The molecule has 0 bridgehead atoms. The smallest absolute Gasteiger partial charge is 0.263 e. The minimum atomic E-state index is -0.221. The lowest BCUT2D eigenvalue weighted by Crippen LogP contribution is -2.47. The number of hydrogen-bond acceptors (Lipinski definition) is 3. The van der Waals surface area contributed by atoms with Gasteiger partial charge in [0, 0.05) is 38.9 Å². The maximum atomic E-state index is 13.0. The number of pyridine rings is 1. The summed E-state index contributed by atoms with van der Waals surface area (Å²) in [6, 6.07) is 10.6. The number of aromatic nitrogens is 1. The van der Waals surface area contributed by atoms with Gasteiger partial charge in [-0.3, -0.25) is 14.5 Å². The van der Waals surface area contributed by atoms with E-state index in [1.54, 1.807) is 19.0 Å². The molecule has 1 atom stereocenters. The molecule has 0 saturated carbocycles. The first-order valence-electron chi connectivity index (χ1n) is 8.99. The SMILES string of the molecule is Cc1cc(C)n(C)c(=O)c1C(=O)N(C)CC1Cc2ccccc2CN1C. The summed E-state index contributed by atoms with van der Waals surface area (Å²) < 4.78 is 1.54. The first kappa shape index (κ1) is 18.4. The van der Waals surface area contributed by atoms with Crippen LogP contribution in [0.1, 0.15) is 32.7 Å². The minimum absolute atomic E-state index is 0.199. The molecule has 138 valence electrons. The molecule has 0 spiro atoms. The number of benzene rings is 1. The molecule has 5 heteroatoms. The Morgan fingerprint density at radius 1 is 1.19 bits per heavy atom. The molecule has 0 aliphatic carbocycles. The highest BCUT2D eigenvalue weighted by Crippen LogP contribution is 2.22. The Bertz CT molecular complexity index is 901. The Morgan fingerprint density at radius 3 is 2.54 bits per heavy atom. The molecule has 1 aromatic carbocycles. The Labute approximate surface area is 154 Å². The lowest BCUT2D eigenvalue weighted by atomic mass is 9.94. The molecule has 1 unspecified atom stereocenters. The van der Waals surface area contributed by atoms with Crippen LogP contribution in [0, 0.1) is 13.8 Å². The minimum Gasteiger partial charge on any atom is -0.340 e. The molecule has 0 radical (unpaired) electrons. The largest absolute Gasteiger partial charge is 0.340 e. The van der Waals surface area contributed by atoms with E-state index in [0.717, 1.165) is 24.2 Å². The van der Waals surface area contributed by atoms with E-state index in [9.17, 15) is 9.59 Å². The fourth-order valence-corrected chi connectivity index (χ4v) is 3.75. The highest BCUT2D eigenvalue weighted by Gasteiger charge is 2.27. The molecule has 3 rings (SSSR count). The van der Waals surface area contributed by atoms with E-state index < -0.39 is 0 Å². The standard InChI is InChI=1S/C21H27N3O2/c1-14-10-15(2)24(5)21(26)19(14)20(25)23(4)13-18-11-16-8-6-7-9-17(16)12-22(18)3/h6-10,18H,11-13H2,1-5H3. The van der Waals surface area contributed by atoms with Crippen LogP contribution in [-0.4, -0.2) is 47.0 Å². The lowest BCUT2D eigenvalue weighted by Gasteiger charge is -2.36. The van der Waals surface area contributed by atoms with Crippen molar-refractivity contribution in [3.8, 4) is 0 Å². The highest BCUT2D eigenvalue weighted by atomic mass is 16.2. The Kier molecular flexibility index (Phi) is 5.01. The number of carbonyl (C=O) groups is 1. The number of nitrogens with zero attached hydrogens (tertiary/aromatic N) is 3. The fraction of sp³-hybridized carbons (Fsp3) is 0.429. The quantitative estimate of drug-likeness (QED) is 0.849. The number of rotatable bonds is 3. The van der Waals surface area contributed by atoms with Crippen LogP contribution in [0.3, 0.4) is 0 Å². The van der Waals surface area contributed by atoms with Crippen molar-refractivity contribution in [2.24, 2.45) is 7.05 Å². The molecule has 1 aliphatic heterocycles. The summed E-state index contributed by atoms with van der Waals surface area (Å²) in [6.07, 6.45) is 0.912. The Balaban J connectivity index is 1.81. The Hall–Kier alpha value is -2.40. The van der Waals surface area contributed by atoms with Crippen molar-refractivity contribution in [2.45, 2.75) is 32.9 Å². The molecular formula is C21H27N3O2.